The molecule has 0 bridgehead atoms. The summed E-state index contributed by atoms with van der Waals surface area (Å²) in [5.74, 6) is -0.679. The largest absolute Gasteiger partial charge is 0.495 e. The Labute approximate surface area is 126 Å². The third-order valence-electron chi connectivity index (χ3n) is 3.85. The van der Waals surface area contributed by atoms with Gasteiger partial charge in [0.15, 0.2) is 5.78 Å². The lowest BCUT2D eigenvalue weighted by Gasteiger charge is -2.36. The van der Waals surface area contributed by atoms with E-state index in [1.807, 2.05) is 0 Å². The highest BCUT2D eigenvalue weighted by molar-refractivity contribution is 6.42. The zero-order valence-corrected chi connectivity index (χ0v) is 12.0. The Kier molecular flexibility index (Phi) is 3.92. The van der Waals surface area contributed by atoms with E-state index < -0.39 is 0 Å². The minimum Gasteiger partial charge on any atom is -0.495 e. The number of ketones is 1. The Hall–Kier alpha value is -1.88. The second-order valence-electron chi connectivity index (χ2n) is 5.19. The van der Waals surface area contributed by atoms with Crippen molar-refractivity contribution in [2.24, 2.45) is 5.92 Å². The predicted molar refractivity (Wildman–Crippen MR) is 74.6 cm³/mol. The van der Waals surface area contributed by atoms with E-state index >= 15 is 0 Å². The van der Waals surface area contributed by atoms with Crippen LogP contribution in [0.25, 0.3) is 0 Å². The third kappa shape index (κ3) is 2.93. The van der Waals surface area contributed by atoms with E-state index in [0.717, 1.165) is 0 Å². The number of rotatable bonds is 2. The van der Waals surface area contributed by atoms with Crippen molar-refractivity contribution in [3.05, 3.63) is 41.4 Å². The van der Waals surface area contributed by atoms with Crippen LogP contribution in [0.3, 0.4) is 0 Å². The highest BCUT2D eigenvalue weighted by Gasteiger charge is 2.40. The standard InChI is InChI=1S/C15H14ClNO4/c16-12-8-20-13-7-10(1-2-11(13)14(12)18)21-15(19)9-3-5-17-6-4-9/h3-6,8,10-11,13H,1-2,7H2. The number of hydrogen-bond acceptors (Lipinski definition) is 5. The first-order valence-corrected chi connectivity index (χ1v) is 7.19. The Morgan fingerprint density at radius 1 is 1.33 bits per heavy atom. The number of fused-ring (bicyclic) bond motifs is 1. The molecule has 0 N–H and O–H groups in total. The van der Waals surface area contributed by atoms with Gasteiger partial charge in [-0.3, -0.25) is 9.78 Å². The highest BCUT2D eigenvalue weighted by atomic mass is 35.5. The van der Waals surface area contributed by atoms with Crippen LogP contribution in [0.2, 0.25) is 0 Å². The van der Waals surface area contributed by atoms with Gasteiger partial charge in [-0.25, -0.2) is 4.79 Å². The molecule has 0 amide bonds. The summed E-state index contributed by atoms with van der Waals surface area (Å²) in [4.78, 5) is 27.8. The quantitative estimate of drug-likeness (QED) is 0.785. The van der Waals surface area contributed by atoms with Crippen LogP contribution in [0.5, 0.6) is 0 Å². The number of halogens is 1. The van der Waals surface area contributed by atoms with Gasteiger partial charge in [-0.15, -0.1) is 0 Å². The highest BCUT2D eigenvalue weighted by Crippen LogP contribution is 2.35. The average Bonchev–Trinajstić information content (AvgIpc) is 2.52. The SMILES string of the molecule is O=C(OC1CCC2C(=O)C(Cl)=COC2C1)c1ccncc1. The molecule has 1 aromatic heterocycles. The van der Waals surface area contributed by atoms with Crippen LogP contribution in [-0.2, 0) is 14.3 Å². The van der Waals surface area contributed by atoms with Gasteiger partial charge < -0.3 is 9.47 Å². The van der Waals surface area contributed by atoms with Crippen molar-refractivity contribution in [3.63, 3.8) is 0 Å². The van der Waals surface area contributed by atoms with Gasteiger partial charge in [0, 0.05) is 18.8 Å². The predicted octanol–water partition coefficient (Wildman–Crippen LogP) is 2.46. The van der Waals surface area contributed by atoms with Crippen molar-refractivity contribution in [1.29, 1.82) is 0 Å². The number of aromatic nitrogens is 1. The molecule has 3 unspecified atom stereocenters. The molecule has 3 rings (SSSR count). The summed E-state index contributed by atoms with van der Waals surface area (Å²) in [5.41, 5.74) is 0.468. The topological polar surface area (TPSA) is 65.5 Å². The van der Waals surface area contributed by atoms with Crippen LogP contribution in [0.4, 0.5) is 0 Å². The maximum atomic E-state index is 12.0. The second-order valence-corrected chi connectivity index (χ2v) is 5.59. The van der Waals surface area contributed by atoms with E-state index in [2.05, 4.69) is 4.98 Å². The molecule has 1 aromatic rings. The second kappa shape index (κ2) is 5.85. The van der Waals surface area contributed by atoms with E-state index in [-0.39, 0.29) is 34.9 Å². The van der Waals surface area contributed by atoms with Gasteiger partial charge in [0.25, 0.3) is 0 Å². The van der Waals surface area contributed by atoms with Crippen LogP contribution in [0, 0.1) is 5.92 Å². The van der Waals surface area contributed by atoms with Crippen molar-refractivity contribution < 1.29 is 19.1 Å². The Morgan fingerprint density at radius 2 is 2.10 bits per heavy atom. The Morgan fingerprint density at radius 3 is 2.86 bits per heavy atom. The summed E-state index contributed by atoms with van der Waals surface area (Å²) in [6, 6.07) is 3.22. The van der Waals surface area contributed by atoms with Crippen molar-refractivity contribution in [3.8, 4) is 0 Å². The number of hydrogen-bond donors (Lipinski definition) is 0. The number of allylic oxidation sites excluding steroid dienone is 1. The van der Waals surface area contributed by atoms with Crippen molar-refractivity contribution in [2.45, 2.75) is 31.5 Å². The number of nitrogens with zero attached hydrogens (tertiary/aromatic N) is 1. The summed E-state index contributed by atoms with van der Waals surface area (Å²) in [6.07, 6.45) is 5.63. The monoisotopic (exact) mass is 307 g/mol. The lowest BCUT2D eigenvalue weighted by Crippen LogP contribution is -2.41. The number of ether oxygens (including phenoxy) is 2. The molecule has 21 heavy (non-hydrogen) atoms. The zero-order chi connectivity index (χ0) is 14.8. The molecule has 1 aliphatic carbocycles. The summed E-state index contributed by atoms with van der Waals surface area (Å²) in [7, 11) is 0. The number of esters is 1. The van der Waals surface area contributed by atoms with Gasteiger partial charge in [-0.2, -0.15) is 0 Å². The van der Waals surface area contributed by atoms with Crippen LogP contribution in [0.15, 0.2) is 35.8 Å². The molecule has 6 heteroatoms. The zero-order valence-electron chi connectivity index (χ0n) is 11.2. The normalized spacial score (nSPS) is 28.1. The maximum Gasteiger partial charge on any atom is 0.338 e. The van der Waals surface area contributed by atoms with Crippen LogP contribution >= 0.6 is 11.6 Å². The van der Waals surface area contributed by atoms with E-state index in [1.165, 1.54) is 6.26 Å². The first-order chi connectivity index (χ1) is 10.1. The summed E-state index contributed by atoms with van der Waals surface area (Å²) in [5, 5.41) is 0.142. The number of Topliss-reactive ketones (excluding diaryl/α,β-unsaturated/α-hetero) is 1. The third-order valence-corrected chi connectivity index (χ3v) is 4.13. The van der Waals surface area contributed by atoms with E-state index in [9.17, 15) is 9.59 Å². The molecule has 2 aliphatic rings. The molecular formula is C15H14ClNO4. The van der Waals surface area contributed by atoms with Crippen LogP contribution in [0.1, 0.15) is 29.6 Å². The molecule has 0 aromatic carbocycles. The first kappa shape index (κ1) is 14.1. The molecule has 0 spiro atoms. The maximum absolute atomic E-state index is 12.0. The molecule has 1 fully saturated rings. The lowest BCUT2D eigenvalue weighted by molar-refractivity contribution is -0.128. The Bertz CT molecular complexity index is 587. The number of carbonyl (C=O) groups excluding carboxylic acids is 2. The first-order valence-electron chi connectivity index (χ1n) is 6.81. The molecular weight excluding hydrogens is 294 g/mol. The summed E-state index contributed by atoms with van der Waals surface area (Å²) < 4.78 is 10.9. The van der Waals surface area contributed by atoms with Crippen LogP contribution in [-0.4, -0.2) is 28.9 Å². The molecule has 0 radical (unpaired) electrons. The minimum atomic E-state index is -0.378. The summed E-state index contributed by atoms with van der Waals surface area (Å²) in [6.45, 7) is 0. The van der Waals surface area contributed by atoms with Gasteiger partial charge in [0.2, 0.25) is 0 Å². The number of carbonyl (C=O) groups is 2. The molecule has 5 nitrogen and oxygen atoms in total. The minimum absolute atomic E-state index is 0.0770. The molecule has 1 saturated carbocycles. The van der Waals surface area contributed by atoms with E-state index in [0.29, 0.717) is 24.8 Å². The van der Waals surface area contributed by atoms with Crippen molar-refractivity contribution in [2.75, 3.05) is 0 Å². The van der Waals surface area contributed by atoms with Crippen LogP contribution < -0.4 is 0 Å². The fourth-order valence-corrected chi connectivity index (χ4v) is 2.93. The Balaban J connectivity index is 1.63. The molecule has 110 valence electrons. The van der Waals surface area contributed by atoms with Gasteiger partial charge >= 0.3 is 5.97 Å². The van der Waals surface area contributed by atoms with Gasteiger partial charge in [-0.1, -0.05) is 11.6 Å². The molecule has 1 aliphatic heterocycles. The lowest BCUT2D eigenvalue weighted by atomic mass is 9.81. The van der Waals surface area contributed by atoms with Crippen molar-refractivity contribution in [1.82, 2.24) is 4.98 Å². The van der Waals surface area contributed by atoms with E-state index in [4.69, 9.17) is 21.1 Å². The number of pyridine rings is 1. The molecule has 0 saturated heterocycles. The van der Waals surface area contributed by atoms with E-state index in [1.54, 1.807) is 24.5 Å². The molecule has 3 atom stereocenters. The van der Waals surface area contributed by atoms with Gasteiger partial charge in [0.1, 0.15) is 23.5 Å². The van der Waals surface area contributed by atoms with Crippen molar-refractivity contribution >= 4 is 23.4 Å². The summed E-state index contributed by atoms with van der Waals surface area (Å²) >= 11 is 5.78. The van der Waals surface area contributed by atoms with Gasteiger partial charge in [-0.05, 0) is 25.0 Å². The average molecular weight is 308 g/mol. The molecule has 2 heterocycles. The fourth-order valence-electron chi connectivity index (χ4n) is 2.74. The fraction of sp³-hybridized carbons (Fsp3) is 0.400. The van der Waals surface area contributed by atoms with Gasteiger partial charge in [0.05, 0.1) is 11.5 Å². The smallest absolute Gasteiger partial charge is 0.338 e.